The van der Waals surface area contributed by atoms with E-state index in [4.69, 9.17) is 0 Å². The first-order valence-electron chi connectivity index (χ1n) is 5.91. The second kappa shape index (κ2) is 5.19. The lowest BCUT2D eigenvalue weighted by atomic mass is 10.0. The van der Waals surface area contributed by atoms with Gasteiger partial charge in [0.1, 0.15) is 0 Å². The van der Waals surface area contributed by atoms with Crippen LogP contribution in [-0.4, -0.2) is 19.1 Å². The van der Waals surface area contributed by atoms with Crippen LogP contribution in [0.25, 0.3) is 0 Å². The van der Waals surface area contributed by atoms with Crippen LogP contribution in [0.2, 0.25) is 0 Å². The molecule has 1 aromatic carbocycles. The van der Waals surface area contributed by atoms with E-state index in [-0.39, 0.29) is 0 Å². The number of halogens is 1. The molecule has 0 saturated carbocycles. The number of anilines is 1. The molecule has 0 bridgehead atoms. The van der Waals surface area contributed by atoms with Crippen molar-refractivity contribution in [2.75, 3.05) is 18.4 Å². The van der Waals surface area contributed by atoms with Gasteiger partial charge in [-0.25, -0.2) is 0 Å². The highest BCUT2D eigenvalue weighted by Crippen LogP contribution is 2.26. The van der Waals surface area contributed by atoms with Gasteiger partial charge in [0.2, 0.25) is 0 Å². The molecule has 88 valence electrons. The lowest BCUT2D eigenvalue weighted by molar-refractivity contribution is 0.479. The van der Waals surface area contributed by atoms with Crippen molar-refractivity contribution in [1.29, 1.82) is 0 Å². The Bertz CT molecular complexity index is 347. The molecule has 0 radical (unpaired) electrons. The first-order chi connectivity index (χ1) is 7.66. The number of rotatable bonds is 2. The molecule has 2 rings (SSSR count). The van der Waals surface area contributed by atoms with Crippen molar-refractivity contribution < 1.29 is 0 Å². The number of nitrogens with one attached hydrogen (secondary N) is 2. The molecule has 0 aliphatic carbocycles. The van der Waals surface area contributed by atoms with E-state index in [0.717, 1.165) is 17.6 Å². The highest BCUT2D eigenvalue weighted by Gasteiger charge is 2.14. The van der Waals surface area contributed by atoms with Crippen LogP contribution in [0, 0.1) is 13.8 Å². The minimum Gasteiger partial charge on any atom is -0.381 e. The van der Waals surface area contributed by atoms with Gasteiger partial charge in [-0.05, 0) is 56.5 Å². The van der Waals surface area contributed by atoms with E-state index in [1.807, 2.05) is 0 Å². The number of hydrogen-bond acceptors (Lipinski definition) is 2. The Hall–Kier alpha value is -0.540. The van der Waals surface area contributed by atoms with E-state index >= 15 is 0 Å². The Morgan fingerprint density at radius 3 is 2.56 bits per heavy atom. The average molecular weight is 283 g/mol. The number of aryl methyl sites for hydroxylation is 2. The molecule has 16 heavy (non-hydrogen) atoms. The zero-order valence-electron chi connectivity index (χ0n) is 9.94. The molecule has 1 heterocycles. The van der Waals surface area contributed by atoms with Gasteiger partial charge in [0.05, 0.1) is 0 Å². The topological polar surface area (TPSA) is 24.1 Å². The Morgan fingerprint density at radius 1 is 1.31 bits per heavy atom. The fourth-order valence-corrected chi connectivity index (χ4v) is 3.00. The molecular weight excluding hydrogens is 264 g/mol. The third kappa shape index (κ3) is 2.77. The molecular formula is C13H19BrN2. The van der Waals surface area contributed by atoms with Crippen molar-refractivity contribution in [2.45, 2.75) is 32.7 Å². The smallest absolute Gasteiger partial charge is 0.0402 e. The molecule has 0 spiro atoms. The molecule has 1 aromatic rings. The molecule has 3 heteroatoms. The van der Waals surface area contributed by atoms with Gasteiger partial charge in [-0.2, -0.15) is 0 Å². The van der Waals surface area contributed by atoms with E-state index in [1.54, 1.807) is 0 Å². The van der Waals surface area contributed by atoms with Crippen LogP contribution in [0.15, 0.2) is 16.6 Å². The van der Waals surface area contributed by atoms with E-state index in [2.05, 4.69) is 52.5 Å². The average Bonchev–Trinajstić information content (AvgIpc) is 2.25. The van der Waals surface area contributed by atoms with Crippen molar-refractivity contribution in [2.24, 2.45) is 0 Å². The fourth-order valence-electron chi connectivity index (χ4n) is 2.32. The summed E-state index contributed by atoms with van der Waals surface area (Å²) in [5.41, 5.74) is 3.94. The van der Waals surface area contributed by atoms with Gasteiger partial charge in [-0.15, -0.1) is 0 Å². The van der Waals surface area contributed by atoms with E-state index in [1.165, 1.54) is 29.7 Å². The summed E-state index contributed by atoms with van der Waals surface area (Å²) in [4.78, 5) is 0. The van der Waals surface area contributed by atoms with Crippen molar-refractivity contribution in [1.82, 2.24) is 5.32 Å². The van der Waals surface area contributed by atoms with Crippen LogP contribution in [-0.2, 0) is 0 Å². The lowest BCUT2D eigenvalue weighted by Gasteiger charge is -2.26. The summed E-state index contributed by atoms with van der Waals surface area (Å²) in [7, 11) is 0. The van der Waals surface area contributed by atoms with Gasteiger partial charge in [-0.1, -0.05) is 15.9 Å². The highest BCUT2D eigenvalue weighted by atomic mass is 79.9. The van der Waals surface area contributed by atoms with Gasteiger partial charge >= 0.3 is 0 Å². The Morgan fingerprint density at radius 2 is 2.00 bits per heavy atom. The Labute approximate surface area is 106 Å². The third-order valence-corrected chi connectivity index (χ3v) is 3.60. The summed E-state index contributed by atoms with van der Waals surface area (Å²) in [6.45, 7) is 6.57. The minimum atomic E-state index is 0.576. The van der Waals surface area contributed by atoms with Crippen LogP contribution in [0.4, 0.5) is 5.69 Å². The second-order valence-corrected chi connectivity index (χ2v) is 5.52. The SMILES string of the molecule is Cc1cc(Br)cc(C)c1NC1CCCNC1. The molecule has 1 unspecified atom stereocenters. The van der Waals surface area contributed by atoms with Crippen LogP contribution >= 0.6 is 15.9 Å². The summed E-state index contributed by atoms with van der Waals surface area (Å²) < 4.78 is 1.16. The standard InChI is InChI=1S/C13H19BrN2/c1-9-6-11(14)7-10(2)13(9)16-12-4-3-5-15-8-12/h6-7,12,15-16H,3-5,8H2,1-2H3. The summed E-state index contributed by atoms with van der Waals surface area (Å²) in [5, 5.41) is 7.09. The molecule has 0 amide bonds. The first kappa shape index (κ1) is 11.9. The molecule has 1 aliphatic rings. The first-order valence-corrected chi connectivity index (χ1v) is 6.70. The number of hydrogen-bond donors (Lipinski definition) is 2. The minimum absolute atomic E-state index is 0.576. The van der Waals surface area contributed by atoms with Crippen molar-refractivity contribution in [3.63, 3.8) is 0 Å². The third-order valence-electron chi connectivity index (χ3n) is 3.14. The van der Waals surface area contributed by atoms with Crippen molar-refractivity contribution in [3.8, 4) is 0 Å². The van der Waals surface area contributed by atoms with Crippen LogP contribution in [0.1, 0.15) is 24.0 Å². The van der Waals surface area contributed by atoms with Crippen LogP contribution in [0.3, 0.4) is 0 Å². The molecule has 0 aromatic heterocycles. The largest absolute Gasteiger partial charge is 0.381 e. The Balaban J connectivity index is 2.14. The Kier molecular flexibility index (Phi) is 3.87. The summed E-state index contributed by atoms with van der Waals surface area (Å²) in [5.74, 6) is 0. The van der Waals surface area contributed by atoms with Gasteiger partial charge < -0.3 is 10.6 Å². The van der Waals surface area contributed by atoms with Crippen molar-refractivity contribution >= 4 is 21.6 Å². The molecule has 2 N–H and O–H groups in total. The summed E-state index contributed by atoms with van der Waals surface area (Å²) >= 11 is 3.53. The molecule has 1 saturated heterocycles. The van der Waals surface area contributed by atoms with Crippen LogP contribution < -0.4 is 10.6 Å². The second-order valence-electron chi connectivity index (χ2n) is 4.60. The van der Waals surface area contributed by atoms with Gasteiger partial charge in [-0.3, -0.25) is 0 Å². The quantitative estimate of drug-likeness (QED) is 0.870. The van der Waals surface area contributed by atoms with Crippen molar-refractivity contribution in [3.05, 3.63) is 27.7 Å². The molecule has 1 fully saturated rings. The maximum absolute atomic E-state index is 3.66. The summed E-state index contributed by atoms with van der Waals surface area (Å²) in [6, 6.07) is 4.92. The maximum Gasteiger partial charge on any atom is 0.0402 e. The zero-order chi connectivity index (χ0) is 11.5. The normalized spacial score (nSPS) is 20.8. The predicted molar refractivity (Wildman–Crippen MR) is 73.1 cm³/mol. The number of piperidine rings is 1. The molecule has 1 aliphatic heterocycles. The summed E-state index contributed by atoms with van der Waals surface area (Å²) in [6.07, 6.45) is 2.54. The fraction of sp³-hybridized carbons (Fsp3) is 0.538. The van der Waals surface area contributed by atoms with Gasteiger partial charge in [0, 0.05) is 22.7 Å². The van der Waals surface area contributed by atoms with Crippen LogP contribution in [0.5, 0.6) is 0 Å². The molecule has 1 atom stereocenters. The predicted octanol–water partition coefficient (Wildman–Crippen LogP) is 3.23. The molecule has 2 nitrogen and oxygen atoms in total. The lowest BCUT2D eigenvalue weighted by Crippen LogP contribution is -2.38. The zero-order valence-corrected chi connectivity index (χ0v) is 11.5. The van der Waals surface area contributed by atoms with Gasteiger partial charge in [0.15, 0.2) is 0 Å². The monoisotopic (exact) mass is 282 g/mol. The van der Waals surface area contributed by atoms with Gasteiger partial charge in [0.25, 0.3) is 0 Å². The highest BCUT2D eigenvalue weighted by molar-refractivity contribution is 9.10. The van der Waals surface area contributed by atoms with E-state index < -0.39 is 0 Å². The van der Waals surface area contributed by atoms with E-state index in [9.17, 15) is 0 Å². The maximum atomic E-state index is 3.66. The van der Waals surface area contributed by atoms with E-state index in [0.29, 0.717) is 6.04 Å². The number of benzene rings is 1.